The van der Waals surface area contributed by atoms with Crippen molar-refractivity contribution in [2.75, 3.05) is 16.3 Å². The molecule has 0 aliphatic carbocycles. The Balaban J connectivity index is 1.77. The summed E-state index contributed by atoms with van der Waals surface area (Å²) in [4.78, 5) is 13.5. The van der Waals surface area contributed by atoms with Crippen LogP contribution < -0.4 is 10.0 Å². The molecular formula is C22H22N2O3S2. The largest absolute Gasteiger partial charge is 0.322 e. The Kier molecular flexibility index (Phi) is 6.30. The first kappa shape index (κ1) is 21.0. The second kappa shape index (κ2) is 8.71. The van der Waals surface area contributed by atoms with E-state index in [4.69, 9.17) is 0 Å². The molecule has 0 fully saturated rings. The van der Waals surface area contributed by atoms with Gasteiger partial charge in [0.1, 0.15) is 0 Å². The monoisotopic (exact) mass is 426 g/mol. The van der Waals surface area contributed by atoms with Crippen molar-refractivity contribution in [2.24, 2.45) is 0 Å². The van der Waals surface area contributed by atoms with Gasteiger partial charge in [-0.2, -0.15) is 0 Å². The third-order valence-corrected chi connectivity index (χ3v) is 6.59. The van der Waals surface area contributed by atoms with Crippen molar-refractivity contribution >= 4 is 39.1 Å². The van der Waals surface area contributed by atoms with E-state index in [9.17, 15) is 13.2 Å². The summed E-state index contributed by atoms with van der Waals surface area (Å²) in [6.45, 7) is 3.76. The number of thioether (sulfide) groups is 1. The number of nitrogens with one attached hydrogen (secondary N) is 2. The highest BCUT2D eigenvalue weighted by Gasteiger charge is 2.16. The summed E-state index contributed by atoms with van der Waals surface area (Å²) < 4.78 is 28.0. The average molecular weight is 427 g/mol. The smallest absolute Gasteiger partial charge is 0.261 e. The normalized spacial score (nSPS) is 11.1. The Morgan fingerprint density at radius 2 is 1.62 bits per heavy atom. The molecule has 5 nitrogen and oxygen atoms in total. The van der Waals surface area contributed by atoms with Crippen LogP contribution in [0.2, 0.25) is 0 Å². The molecule has 0 aliphatic rings. The number of carbonyl (C=O) groups is 1. The molecule has 0 aliphatic heterocycles. The first-order chi connectivity index (χ1) is 13.8. The lowest BCUT2D eigenvalue weighted by Gasteiger charge is -2.12. The number of benzene rings is 3. The van der Waals surface area contributed by atoms with E-state index >= 15 is 0 Å². The van der Waals surface area contributed by atoms with Crippen molar-refractivity contribution in [1.29, 1.82) is 0 Å². The maximum absolute atomic E-state index is 12.7. The number of hydrogen-bond acceptors (Lipinski definition) is 4. The van der Waals surface area contributed by atoms with Gasteiger partial charge in [-0.1, -0.05) is 24.3 Å². The molecule has 0 atom stereocenters. The van der Waals surface area contributed by atoms with E-state index < -0.39 is 10.0 Å². The Labute approximate surface area is 175 Å². The quantitative estimate of drug-likeness (QED) is 0.539. The van der Waals surface area contributed by atoms with Crippen molar-refractivity contribution in [2.45, 2.75) is 23.6 Å². The maximum Gasteiger partial charge on any atom is 0.261 e. The van der Waals surface area contributed by atoms with Gasteiger partial charge >= 0.3 is 0 Å². The van der Waals surface area contributed by atoms with Crippen LogP contribution >= 0.6 is 11.8 Å². The molecule has 0 unspecified atom stereocenters. The number of sulfonamides is 1. The highest BCUT2D eigenvalue weighted by molar-refractivity contribution is 7.98. The standard InChI is InChI=1S/C22H22N2O3S2/c1-15-8-9-16(2)20(14-15)24-29(26,27)18-12-10-17(11-13-18)23-22(25)19-6-4-5-7-21(19)28-3/h4-14,24H,1-3H3,(H,23,25). The summed E-state index contributed by atoms with van der Waals surface area (Å²) in [5.41, 5.74) is 3.47. The van der Waals surface area contributed by atoms with Crippen molar-refractivity contribution in [3.05, 3.63) is 83.4 Å². The van der Waals surface area contributed by atoms with Gasteiger partial charge in [-0.25, -0.2) is 8.42 Å². The maximum atomic E-state index is 12.7. The van der Waals surface area contributed by atoms with Crippen LogP contribution in [0.1, 0.15) is 21.5 Å². The van der Waals surface area contributed by atoms with E-state index in [1.165, 1.54) is 23.9 Å². The summed E-state index contributed by atoms with van der Waals surface area (Å²) in [5.74, 6) is -0.237. The molecule has 0 heterocycles. The molecule has 3 rings (SSSR count). The zero-order chi connectivity index (χ0) is 21.0. The lowest BCUT2D eigenvalue weighted by atomic mass is 10.1. The fraction of sp³-hybridized carbons (Fsp3) is 0.136. The molecule has 3 aromatic carbocycles. The van der Waals surface area contributed by atoms with Gasteiger partial charge in [0, 0.05) is 10.6 Å². The van der Waals surface area contributed by atoms with Crippen LogP contribution in [0.25, 0.3) is 0 Å². The van der Waals surface area contributed by atoms with Crippen molar-refractivity contribution in [3.63, 3.8) is 0 Å². The van der Waals surface area contributed by atoms with E-state index in [-0.39, 0.29) is 10.8 Å². The summed E-state index contributed by atoms with van der Waals surface area (Å²) in [7, 11) is -3.73. The zero-order valence-electron chi connectivity index (χ0n) is 16.4. The summed E-state index contributed by atoms with van der Waals surface area (Å²) in [5, 5.41) is 2.81. The fourth-order valence-corrected chi connectivity index (χ4v) is 4.51. The van der Waals surface area contributed by atoms with Gasteiger partial charge in [-0.3, -0.25) is 9.52 Å². The summed E-state index contributed by atoms with van der Waals surface area (Å²) in [6, 6.07) is 19.0. The van der Waals surface area contributed by atoms with Crippen LogP contribution in [0.3, 0.4) is 0 Å². The first-order valence-corrected chi connectivity index (χ1v) is 11.7. The molecule has 29 heavy (non-hydrogen) atoms. The predicted molar refractivity (Wildman–Crippen MR) is 119 cm³/mol. The van der Waals surface area contributed by atoms with Crippen LogP contribution in [-0.4, -0.2) is 20.6 Å². The minimum atomic E-state index is -3.73. The number of amides is 1. The topological polar surface area (TPSA) is 75.3 Å². The molecule has 0 saturated carbocycles. The zero-order valence-corrected chi connectivity index (χ0v) is 18.0. The summed E-state index contributed by atoms with van der Waals surface area (Å²) >= 11 is 1.49. The van der Waals surface area contributed by atoms with Gasteiger partial charge in [0.05, 0.1) is 16.1 Å². The molecule has 0 aromatic heterocycles. The number of aryl methyl sites for hydroxylation is 2. The molecule has 2 N–H and O–H groups in total. The Morgan fingerprint density at radius 1 is 0.931 bits per heavy atom. The van der Waals surface area contributed by atoms with Crippen molar-refractivity contribution in [3.8, 4) is 0 Å². The molecule has 7 heteroatoms. The van der Waals surface area contributed by atoms with E-state index in [0.29, 0.717) is 16.9 Å². The van der Waals surface area contributed by atoms with Crippen LogP contribution in [0.15, 0.2) is 76.5 Å². The van der Waals surface area contributed by atoms with Gasteiger partial charge in [0.2, 0.25) is 0 Å². The van der Waals surface area contributed by atoms with Gasteiger partial charge in [-0.05, 0) is 73.7 Å². The van der Waals surface area contributed by atoms with E-state index in [1.807, 2.05) is 50.4 Å². The van der Waals surface area contributed by atoms with E-state index in [1.54, 1.807) is 24.3 Å². The average Bonchev–Trinajstić information content (AvgIpc) is 2.71. The van der Waals surface area contributed by atoms with E-state index in [2.05, 4.69) is 10.0 Å². The van der Waals surface area contributed by atoms with Gasteiger partial charge in [0.15, 0.2) is 0 Å². The highest BCUT2D eigenvalue weighted by Crippen LogP contribution is 2.24. The molecule has 0 saturated heterocycles. The minimum Gasteiger partial charge on any atom is -0.322 e. The molecule has 150 valence electrons. The van der Waals surface area contributed by atoms with Gasteiger partial charge in [0.25, 0.3) is 15.9 Å². The number of anilines is 2. The first-order valence-electron chi connectivity index (χ1n) is 8.94. The highest BCUT2D eigenvalue weighted by atomic mass is 32.2. The third-order valence-electron chi connectivity index (χ3n) is 4.41. The number of carbonyl (C=O) groups excluding carboxylic acids is 1. The molecule has 0 radical (unpaired) electrons. The second-order valence-corrected chi connectivity index (χ2v) is 9.13. The Bertz CT molecular complexity index is 1140. The van der Waals surface area contributed by atoms with Crippen LogP contribution in [0.5, 0.6) is 0 Å². The predicted octanol–water partition coefficient (Wildman–Crippen LogP) is 5.08. The van der Waals surface area contributed by atoms with Crippen LogP contribution in [0, 0.1) is 13.8 Å². The molecule has 1 amide bonds. The second-order valence-electron chi connectivity index (χ2n) is 6.60. The molecule has 3 aromatic rings. The Morgan fingerprint density at radius 3 is 2.31 bits per heavy atom. The van der Waals surface area contributed by atoms with Crippen molar-refractivity contribution in [1.82, 2.24) is 0 Å². The molecular weight excluding hydrogens is 404 g/mol. The molecule has 0 spiro atoms. The van der Waals surface area contributed by atoms with Crippen LogP contribution in [-0.2, 0) is 10.0 Å². The molecule has 0 bridgehead atoms. The van der Waals surface area contributed by atoms with Gasteiger partial charge < -0.3 is 5.32 Å². The minimum absolute atomic E-state index is 0.126. The van der Waals surface area contributed by atoms with Gasteiger partial charge in [-0.15, -0.1) is 11.8 Å². The number of rotatable bonds is 6. The summed E-state index contributed by atoms with van der Waals surface area (Å²) in [6.07, 6.45) is 1.91. The Hall–Kier alpha value is -2.77. The van der Waals surface area contributed by atoms with E-state index in [0.717, 1.165) is 16.0 Å². The lowest BCUT2D eigenvalue weighted by molar-refractivity contribution is 0.102. The van der Waals surface area contributed by atoms with Crippen molar-refractivity contribution < 1.29 is 13.2 Å². The van der Waals surface area contributed by atoms with Crippen LogP contribution in [0.4, 0.5) is 11.4 Å². The fourth-order valence-electron chi connectivity index (χ4n) is 2.80. The third kappa shape index (κ3) is 4.99. The number of hydrogen-bond donors (Lipinski definition) is 2. The lowest BCUT2D eigenvalue weighted by Crippen LogP contribution is -2.15. The SMILES string of the molecule is CSc1ccccc1C(=O)Nc1ccc(S(=O)(=O)Nc2cc(C)ccc2C)cc1.